The van der Waals surface area contributed by atoms with Gasteiger partial charge in [-0.3, -0.25) is 9.59 Å². The van der Waals surface area contributed by atoms with Crippen molar-refractivity contribution in [1.82, 2.24) is 15.1 Å². The van der Waals surface area contributed by atoms with Crippen LogP contribution in [0.2, 0.25) is 0 Å². The van der Waals surface area contributed by atoms with Crippen molar-refractivity contribution in [3.05, 3.63) is 43.4 Å². The van der Waals surface area contributed by atoms with E-state index in [1.54, 1.807) is 17.5 Å². The van der Waals surface area contributed by atoms with Crippen LogP contribution < -0.4 is 16.2 Å². The molecular weight excluding hydrogens is 452 g/mol. The molecule has 2 bridgehead atoms. The Morgan fingerprint density at radius 1 is 1.41 bits per heavy atom. The molecule has 156 valence electrons. The van der Waals surface area contributed by atoms with E-state index in [-0.39, 0.29) is 18.0 Å². The molecular formula is C21H27BrN4O2S. The number of halogens is 1. The third kappa shape index (κ3) is 3.89. The molecule has 2 N–H and O–H groups in total. The molecule has 3 aliphatic rings. The maximum atomic E-state index is 12.7. The second-order valence-electron chi connectivity index (χ2n) is 8.90. The first-order valence-corrected chi connectivity index (χ1v) is 11.8. The van der Waals surface area contributed by atoms with Gasteiger partial charge in [-0.05, 0) is 63.4 Å². The van der Waals surface area contributed by atoms with E-state index < -0.39 is 0 Å². The molecule has 3 saturated carbocycles. The number of aromatic nitrogens is 2. The van der Waals surface area contributed by atoms with Crippen LogP contribution in [0.1, 0.15) is 38.5 Å². The monoisotopic (exact) mass is 478 g/mol. The van der Waals surface area contributed by atoms with E-state index in [9.17, 15) is 9.59 Å². The molecule has 0 spiro atoms. The van der Waals surface area contributed by atoms with Crippen molar-refractivity contribution < 1.29 is 4.79 Å². The van der Waals surface area contributed by atoms with Gasteiger partial charge in [0, 0.05) is 10.9 Å². The van der Waals surface area contributed by atoms with Gasteiger partial charge in [0.2, 0.25) is 5.91 Å². The number of amides is 1. The summed E-state index contributed by atoms with van der Waals surface area (Å²) in [7, 11) is 0. The average Bonchev–Trinajstić information content (AvgIpc) is 3.20. The molecule has 0 radical (unpaired) electrons. The number of hydrogen-bond acceptors (Lipinski definition) is 5. The first kappa shape index (κ1) is 20.6. The van der Waals surface area contributed by atoms with Gasteiger partial charge in [0.15, 0.2) is 0 Å². The fourth-order valence-corrected chi connectivity index (χ4v) is 6.08. The molecule has 2 heterocycles. The van der Waals surface area contributed by atoms with Crippen molar-refractivity contribution in [1.29, 1.82) is 0 Å². The van der Waals surface area contributed by atoms with Gasteiger partial charge in [-0.25, -0.2) is 4.68 Å². The van der Waals surface area contributed by atoms with E-state index in [0.717, 1.165) is 23.1 Å². The van der Waals surface area contributed by atoms with Crippen molar-refractivity contribution >= 4 is 38.9 Å². The minimum absolute atomic E-state index is 0.0960. The summed E-state index contributed by atoms with van der Waals surface area (Å²) in [4.78, 5) is 25.9. The van der Waals surface area contributed by atoms with E-state index in [1.165, 1.54) is 11.1 Å². The zero-order valence-electron chi connectivity index (χ0n) is 16.9. The Morgan fingerprint density at radius 2 is 2.21 bits per heavy atom. The molecule has 1 amide bonds. The molecule has 3 fully saturated rings. The molecule has 0 aromatic carbocycles. The van der Waals surface area contributed by atoms with E-state index in [2.05, 4.69) is 52.4 Å². The number of carbonyl (C=O) groups excluding carboxylic acids is 1. The lowest BCUT2D eigenvalue weighted by molar-refractivity contribution is -0.122. The molecule has 29 heavy (non-hydrogen) atoms. The average molecular weight is 479 g/mol. The summed E-state index contributed by atoms with van der Waals surface area (Å²) in [6.45, 7) is 7.42. The Hall–Kier alpha value is -1.67. The van der Waals surface area contributed by atoms with Gasteiger partial charge in [-0.1, -0.05) is 26.8 Å². The van der Waals surface area contributed by atoms with Gasteiger partial charge in [0.05, 0.1) is 18.4 Å². The molecule has 3 aliphatic carbocycles. The summed E-state index contributed by atoms with van der Waals surface area (Å²) < 4.78 is 1.63. The number of nitrogens with one attached hydrogen (secondary N) is 2. The first-order valence-electron chi connectivity index (χ1n) is 10.1. The maximum absolute atomic E-state index is 12.7. The number of hydrogen-bond donors (Lipinski definition) is 2. The van der Waals surface area contributed by atoms with Gasteiger partial charge >= 0.3 is 0 Å². The largest absolute Gasteiger partial charge is 0.380 e. The van der Waals surface area contributed by atoms with Crippen LogP contribution in [0.4, 0.5) is 5.69 Å². The summed E-state index contributed by atoms with van der Waals surface area (Å²) in [6, 6.07) is 4.25. The fraction of sp³-hybridized carbons (Fsp3) is 0.571. The third-order valence-corrected chi connectivity index (χ3v) is 8.66. The molecule has 4 atom stereocenters. The molecule has 2 aromatic heterocycles. The highest BCUT2D eigenvalue weighted by atomic mass is 79.9. The van der Waals surface area contributed by atoms with Crippen LogP contribution in [-0.2, 0) is 17.9 Å². The first-order chi connectivity index (χ1) is 13.8. The third-order valence-electron chi connectivity index (χ3n) is 7.01. The van der Waals surface area contributed by atoms with Crippen LogP contribution in [0.3, 0.4) is 0 Å². The van der Waals surface area contributed by atoms with Gasteiger partial charge in [-0.15, -0.1) is 11.3 Å². The van der Waals surface area contributed by atoms with Crippen LogP contribution in [-0.4, -0.2) is 21.7 Å². The molecule has 8 heteroatoms. The Kier molecular flexibility index (Phi) is 5.59. The predicted molar refractivity (Wildman–Crippen MR) is 119 cm³/mol. The fourth-order valence-electron chi connectivity index (χ4n) is 5.01. The lowest BCUT2D eigenvalue weighted by Gasteiger charge is -2.62. The Morgan fingerprint density at radius 3 is 2.86 bits per heavy atom. The smallest absolute Gasteiger partial charge is 0.283 e. The lowest BCUT2D eigenvalue weighted by Crippen LogP contribution is -2.58. The topological polar surface area (TPSA) is 76.0 Å². The lowest BCUT2D eigenvalue weighted by atomic mass is 9.45. The van der Waals surface area contributed by atoms with Crippen LogP contribution in [0, 0.1) is 23.2 Å². The number of nitrogens with zero attached hydrogens (tertiary/aromatic N) is 2. The van der Waals surface area contributed by atoms with Crippen LogP contribution in [0.25, 0.3) is 0 Å². The summed E-state index contributed by atoms with van der Waals surface area (Å²) in [5.74, 6) is 1.77. The molecule has 6 nitrogen and oxygen atoms in total. The van der Waals surface area contributed by atoms with E-state index in [0.29, 0.717) is 34.1 Å². The number of anilines is 1. The summed E-state index contributed by atoms with van der Waals surface area (Å²) >= 11 is 5.00. The molecule has 0 unspecified atom stereocenters. The number of carbonyl (C=O) groups is 1. The minimum atomic E-state index is -0.296. The quantitative estimate of drug-likeness (QED) is 0.660. The molecule has 5 rings (SSSR count). The van der Waals surface area contributed by atoms with E-state index in [4.69, 9.17) is 0 Å². The Labute approximate surface area is 183 Å². The van der Waals surface area contributed by atoms with Gasteiger partial charge in [0.1, 0.15) is 11.0 Å². The van der Waals surface area contributed by atoms with Crippen molar-refractivity contribution in [2.45, 2.75) is 52.7 Å². The molecule has 2 aromatic rings. The van der Waals surface area contributed by atoms with Crippen molar-refractivity contribution in [2.75, 3.05) is 5.32 Å². The molecule has 0 saturated heterocycles. The Balaban J connectivity index is 1.40. The zero-order chi connectivity index (χ0) is 20.8. The summed E-state index contributed by atoms with van der Waals surface area (Å²) in [5, 5.41) is 12.6. The van der Waals surface area contributed by atoms with Crippen LogP contribution in [0.5, 0.6) is 0 Å². The summed E-state index contributed by atoms with van der Waals surface area (Å²) in [6.07, 6.45) is 4.08. The van der Waals surface area contributed by atoms with Crippen molar-refractivity contribution in [3.63, 3.8) is 0 Å². The number of thiophene rings is 1. The normalized spacial score (nSPS) is 27.2. The van der Waals surface area contributed by atoms with Crippen molar-refractivity contribution in [3.8, 4) is 0 Å². The SMILES string of the molecule is C[C@@H]1[C@H]2C[C@@H](C[C@H]1Nc1cnn(CC(=O)NCc3cccs3)c(=O)c1Br)C2(C)C. The highest BCUT2D eigenvalue weighted by Gasteiger charge is 2.56. The second-order valence-corrected chi connectivity index (χ2v) is 10.7. The Bertz CT molecular complexity index is 956. The zero-order valence-corrected chi connectivity index (χ0v) is 19.3. The van der Waals surface area contributed by atoms with E-state index in [1.807, 2.05) is 17.5 Å². The van der Waals surface area contributed by atoms with Gasteiger partial charge in [-0.2, -0.15) is 5.10 Å². The summed E-state index contributed by atoms with van der Waals surface area (Å²) in [5.41, 5.74) is 0.837. The standard InChI is InChI=1S/C21H27BrN4O2S/c1-12-15-7-13(21(15,2)3)8-16(12)25-17-10-24-26(20(28)19(17)22)11-18(27)23-9-14-5-4-6-29-14/h4-6,10,12-13,15-16,25H,7-9,11H2,1-3H3,(H,23,27)/t12-,13+,15-,16-/m1/s1. The van der Waals surface area contributed by atoms with E-state index >= 15 is 0 Å². The highest BCUT2D eigenvalue weighted by molar-refractivity contribution is 9.10. The van der Waals surface area contributed by atoms with Gasteiger partial charge < -0.3 is 10.6 Å². The second kappa shape index (κ2) is 7.87. The van der Waals surface area contributed by atoms with Crippen molar-refractivity contribution in [2.24, 2.45) is 23.2 Å². The van der Waals surface area contributed by atoms with Gasteiger partial charge in [0.25, 0.3) is 5.56 Å². The minimum Gasteiger partial charge on any atom is -0.380 e. The number of rotatable bonds is 6. The predicted octanol–water partition coefficient (Wildman–Crippen LogP) is 3.87. The van der Waals surface area contributed by atoms with Crippen LogP contribution in [0.15, 0.2) is 33.0 Å². The highest BCUT2D eigenvalue weighted by Crippen LogP contribution is 2.61. The number of fused-ring (bicyclic) bond motifs is 2. The molecule has 0 aliphatic heterocycles. The van der Waals surface area contributed by atoms with Crippen LogP contribution >= 0.6 is 27.3 Å². The maximum Gasteiger partial charge on any atom is 0.283 e.